The molecule has 0 N–H and O–H groups in total. The van der Waals surface area contributed by atoms with E-state index in [1.807, 2.05) is 36.4 Å². The minimum Gasteiger partial charge on any atom is -0.497 e. The second kappa shape index (κ2) is 9.52. The molecular formula is C25H29N3O5. The van der Waals surface area contributed by atoms with Gasteiger partial charge >= 0.3 is 0 Å². The minimum atomic E-state index is -0.297. The van der Waals surface area contributed by atoms with Gasteiger partial charge in [0.05, 0.1) is 33.1 Å². The first-order chi connectivity index (χ1) is 15.9. The van der Waals surface area contributed by atoms with Gasteiger partial charge in [0.2, 0.25) is 5.91 Å². The van der Waals surface area contributed by atoms with E-state index in [9.17, 15) is 9.59 Å². The zero-order chi connectivity index (χ0) is 23.5. The highest BCUT2D eigenvalue weighted by molar-refractivity contribution is 6.05. The minimum absolute atomic E-state index is 0.0154. The summed E-state index contributed by atoms with van der Waals surface area (Å²) in [6.07, 6.45) is 2.31. The molecule has 2 aromatic carbocycles. The lowest BCUT2D eigenvalue weighted by atomic mass is 9.97. The summed E-state index contributed by atoms with van der Waals surface area (Å²) in [6, 6.07) is 12.8. The Bertz CT molecular complexity index is 1060. The van der Waals surface area contributed by atoms with Crippen LogP contribution in [0.3, 0.4) is 0 Å². The van der Waals surface area contributed by atoms with Crippen molar-refractivity contribution in [1.29, 1.82) is 0 Å². The fourth-order valence-electron chi connectivity index (χ4n) is 4.02. The van der Waals surface area contributed by atoms with Crippen molar-refractivity contribution in [2.75, 3.05) is 34.9 Å². The van der Waals surface area contributed by atoms with E-state index in [4.69, 9.17) is 19.3 Å². The maximum absolute atomic E-state index is 13.3. The molecule has 0 bridgehead atoms. The molecular weight excluding hydrogens is 422 g/mol. The molecule has 1 aliphatic carbocycles. The Hall–Kier alpha value is -3.55. The third kappa shape index (κ3) is 4.79. The molecule has 1 saturated carbocycles. The molecule has 2 amide bonds. The quantitative estimate of drug-likeness (QED) is 0.616. The highest BCUT2D eigenvalue weighted by atomic mass is 16.5. The lowest BCUT2D eigenvalue weighted by Crippen LogP contribution is -2.39. The molecule has 8 heteroatoms. The average molecular weight is 452 g/mol. The monoisotopic (exact) mass is 451 g/mol. The van der Waals surface area contributed by atoms with Crippen LogP contribution in [-0.4, -0.2) is 62.4 Å². The number of ether oxygens (including phenoxy) is 3. The summed E-state index contributed by atoms with van der Waals surface area (Å²) in [6.45, 7) is -0.0154. The van der Waals surface area contributed by atoms with Gasteiger partial charge in [0.25, 0.3) is 5.91 Å². The standard InChI is InChI=1S/C25H29N3O5/c1-27(25(30)17-5-6-17)15-24(29)28-22(16-7-9-18(31-2)10-8-16)14-21(26-28)20-12-11-19(32-3)13-23(20)33-4/h7-13,17,22H,5-6,14-15H2,1-4H3/t22-/m1/s1. The molecule has 0 spiro atoms. The molecule has 1 aliphatic heterocycles. The number of amides is 2. The maximum atomic E-state index is 13.3. The number of hydrazone groups is 1. The van der Waals surface area contributed by atoms with Crippen LogP contribution in [0.25, 0.3) is 0 Å². The molecule has 174 valence electrons. The first-order valence-electron chi connectivity index (χ1n) is 11.0. The number of methoxy groups -OCH3 is 3. The van der Waals surface area contributed by atoms with Gasteiger partial charge in [-0.15, -0.1) is 0 Å². The molecule has 0 radical (unpaired) electrons. The molecule has 1 fully saturated rings. The Morgan fingerprint density at radius 2 is 1.67 bits per heavy atom. The van der Waals surface area contributed by atoms with Crippen molar-refractivity contribution < 1.29 is 23.8 Å². The summed E-state index contributed by atoms with van der Waals surface area (Å²) in [5.74, 6) is 1.88. The number of hydrogen-bond donors (Lipinski definition) is 0. The van der Waals surface area contributed by atoms with Gasteiger partial charge in [-0.1, -0.05) is 12.1 Å². The van der Waals surface area contributed by atoms with E-state index < -0.39 is 0 Å². The van der Waals surface area contributed by atoms with E-state index >= 15 is 0 Å². The van der Waals surface area contributed by atoms with E-state index in [1.165, 1.54) is 9.91 Å². The van der Waals surface area contributed by atoms with Gasteiger partial charge in [0.15, 0.2) is 0 Å². The first-order valence-corrected chi connectivity index (χ1v) is 11.0. The largest absolute Gasteiger partial charge is 0.497 e. The Balaban J connectivity index is 1.64. The topological polar surface area (TPSA) is 80.7 Å². The normalized spacial score (nSPS) is 17.4. The van der Waals surface area contributed by atoms with Crippen molar-refractivity contribution in [3.63, 3.8) is 0 Å². The van der Waals surface area contributed by atoms with Crippen molar-refractivity contribution in [2.45, 2.75) is 25.3 Å². The highest BCUT2D eigenvalue weighted by Gasteiger charge is 2.37. The zero-order valence-electron chi connectivity index (χ0n) is 19.4. The van der Waals surface area contributed by atoms with Crippen molar-refractivity contribution in [2.24, 2.45) is 11.0 Å². The van der Waals surface area contributed by atoms with Gasteiger partial charge in [-0.3, -0.25) is 9.59 Å². The third-order valence-corrected chi connectivity index (χ3v) is 6.06. The summed E-state index contributed by atoms with van der Waals surface area (Å²) in [5, 5.41) is 6.20. The number of carbonyl (C=O) groups is 2. The van der Waals surface area contributed by atoms with Crippen LogP contribution in [0.1, 0.15) is 36.4 Å². The van der Waals surface area contributed by atoms with Crippen LogP contribution in [0.4, 0.5) is 0 Å². The van der Waals surface area contributed by atoms with Gasteiger partial charge in [-0.05, 0) is 42.7 Å². The van der Waals surface area contributed by atoms with Crippen LogP contribution in [0.15, 0.2) is 47.6 Å². The average Bonchev–Trinajstić information content (AvgIpc) is 3.61. The van der Waals surface area contributed by atoms with Gasteiger partial charge in [0.1, 0.15) is 23.8 Å². The van der Waals surface area contributed by atoms with Crippen molar-refractivity contribution >= 4 is 17.5 Å². The smallest absolute Gasteiger partial charge is 0.262 e. The second-order valence-corrected chi connectivity index (χ2v) is 8.31. The van der Waals surface area contributed by atoms with Crippen LogP contribution in [0.2, 0.25) is 0 Å². The van der Waals surface area contributed by atoms with E-state index in [1.54, 1.807) is 34.4 Å². The van der Waals surface area contributed by atoms with Crippen LogP contribution in [0.5, 0.6) is 17.2 Å². The summed E-state index contributed by atoms with van der Waals surface area (Å²) in [5.41, 5.74) is 2.47. The highest BCUT2D eigenvalue weighted by Crippen LogP contribution is 2.37. The number of benzene rings is 2. The van der Waals surface area contributed by atoms with Crippen LogP contribution in [0, 0.1) is 5.92 Å². The van der Waals surface area contributed by atoms with Crippen molar-refractivity contribution in [3.05, 3.63) is 53.6 Å². The number of nitrogens with zero attached hydrogens (tertiary/aromatic N) is 3. The Morgan fingerprint density at radius 3 is 2.27 bits per heavy atom. The molecule has 4 rings (SSSR count). The molecule has 0 saturated heterocycles. The lowest BCUT2D eigenvalue weighted by Gasteiger charge is -2.25. The van der Waals surface area contributed by atoms with Crippen LogP contribution in [-0.2, 0) is 9.59 Å². The number of rotatable bonds is 8. The predicted octanol–water partition coefficient (Wildman–Crippen LogP) is 3.26. The van der Waals surface area contributed by atoms with E-state index in [0.717, 1.165) is 35.4 Å². The number of hydrogen-bond acceptors (Lipinski definition) is 6. The summed E-state index contributed by atoms with van der Waals surface area (Å²) < 4.78 is 16.1. The molecule has 0 aromatic heterocycles. The molecule has 2 aromatic rings. The molecule has 2 aliphatic rings. The summed E-state index contributed by atoms with van der Waals surface area (Å²) in [7, 11) is 6.48. The van der Waals surface area contributed by atoms with Gasteiger partial charge in [0, 0.05) is 31.0 Å². The molecule has 8 nitrogen and oxygen atoms in total. The molecule has 1 atom stereocenters. The van der Waals surface area contributed by atoms with Gasteiger partial charge in [-0.2, -0.15) is 5.10 Å². The molecule has 0 unspecified atom stereocenters. The summed E-state index contributed by atoms with van der Waals surface area (Å²) in [4.78, 5) is 27.2. The fourth-order valence-corrected chi connectivity index (χ4v) is 4.02. The zero-order valence-corrected chi connectivity index (χ0v) is 19.4. The van der Waals surface area contributed by atoms with E-state index in [2.05, 4.69) is 0 Å². The Kier molecular flexibility index (Phi) is 6.53. The molecule has 1 heterocycles. The van der Waals surface area contributed by atoms with Crippen molar-refractivity contribution in [1.82, 2.24) is 9.91 Å². The first kappa shape index (κ1) is 22.6. The number of likely N-dealkylation sites (N-methyl/N-ethyl adjacent to an activating group) is 1. The van der Waals surface area contributed by atoms with Crippen LogP contribution < -0.4 is 14.2 Å². The van der Waals surface area contributed by atoms with Crippen molar-refractivity contribution in [3.8, 4) is 17.2 Å². The fraction of sp³-hybridized carbons (Fsp3) is 0.400. The SMILES string of the molecule is COc1ccc([C@H]2CC(c3ccc(OC)cc3OC)=NN2C(=O)CN(C)C(=O)C2CC2)cc1. The van der Waals surface area contributed by atoms with Gasteiger partial charge < -0.3 is 19.1 Å². The summed E-state index contributed by atoms with van der Waals surface area (Å²) >= 11 is 0. The second-order valence-electron chi connectivity index (χ2n) is 8.31. The van der Waals surface area contributed by atoms with Gasteiger partial charge in [-0.25, -0.2) is 5.01 Å². The molecule has 33 heavy (non-hydrogen) atoms. The maximum Gasteiger partial charge on any atom is 0.262 e. The Morgan fingerprint density at radius 1 is 1.00 bits per heavy atom. The number of carbonyl (C=O) groups excluding carboxylic acids is 2. The Labute approximate surface area is 193 Å². The lowest BCUT2D eigenvalue weighted by molar-refractivity contribution is -0.141. The van der Waals surface area contributed by atoms with E-state index in [0.29, 0.717) is 17.9 Å². The van der Waals surface area contributed by atoms with E-state index in [-0.39, 0.29) is 30.3 Å². The predicted molar refractivity (Wildman–Crippen MR) is 124 cm³/mol. The van der Waals surface area contributed by atoms with Crippen LogP contribution >= 0.6 is 0 Å². The third-order valence-electron chi connectivity index (χ3n) is 6.06.